The van der Waals surface area contributed by atoms with Gasteiger partial charge in [-0.05, 0) is 30.2 Å². The van der Waals surface area contributed by atoms with Crippen molar-refractivity contribution in [2.45, 2.75) is 13.5 Å². The molecule has 0 saturated heterocycles. The second-order valence-electron chi connectivity index (χ2n) is 4.65. The van der Waals surface area contributed by atoms with Crippen molar-refractivity contribution in [3.05, 3.63) is 57.8 Å². The van der Waals surface area contributed by atoms with E-state index < -0.39 is 17.6 Å². The highest BCUT2D eigenvalue weighted by molar-refractivity contribution is 9.10. The zero-order valence-electron chi connectivity index (χ0n) is 11.7. The fourth-order valence-electron chi connectivity index (χ4n) is 1.88. The lowest BCUT2D eigenvalue weighted by Crippen LogP contribution is -2.33. The topological polar surface area (TPSA) is 52.6 Å². The zero-order chi connectivity index (χ0) is 16.3. The molecule has 7 heteroatoms. The summed E-state index contributed by atoms with van der Waals surface area (Å²) in [6.45, 7) is 2.25. The van der Waals surface area contributed by atoms with Gasteiger partial charge in [0.25, 0.3) is 0 Å². The Balaban J connectivity index is 2.12. The van der Waals surface area contributed by atoms with E-state index in [1.54, 1.807) is 0 Å². The average molecular weight is 385 g/mol. The number of hydrogen-bond donors (Lipinski definition) is 3. The molecule has 2 rings (SSSR count). The lowest BCUT2D eigenvalue weighted by atomic mass is 10.1. The van der Waals surface area contributed by atoms with Gasteiger partial charge in [-0.25, -0.2) is 13.5 Å². The van der Waals surface area contributed by atoms with Crippen LogP contribution >= 0.6 is 28.7 Å². The molecule has 0 spiro atoms. The number of amides is 2. The molecule has 0 saturated carbocycles. The molecule has 0 aliphatic heterocycles. The minimum atomic E-state index is -0.838. The van der Waals surface area contributed by atoms with Gasteiger partial charge in [0.1, 0.15) is 5.69 Å². The van der Waals surface area contributed by atoms with E-state index in [0.717, 1.165) is 21.5 Å². The van der Waals surface area contributed by atoms with E-state index in [2.05, 4.69) is 34.1 Å². The van der Waals surface area contributed by atoms with Crippen molar-refractivity contribution >= 4 is 40.5 Å². The summed E-state index contributed by atoms with van der Waals surface area (Å²) in [5.74, 6) is -1.47. The van der Waals surface area contributed by atoms with Gasteiger partial charge < -0.3 is 10.4 Å². The standard InChI is InChI=1S/C15H14BrFN2O2S/c1-9-4-2-3-5-10(9)8-18-15(21)19(22)13-7-11(16)6-12(17)14(13)20/h2-7,20,22H,8H2,1H3,(H,18,21). The van der Waals surface area contributed by atoms with Crippen molar-refractivity contribution in [3.63, 3.8) is 0 Å². The fraction of sp³-hybridized carbons (Fsp3) is 0.133. The molecule has 0 aliphatic carbocycles. The van der Waals surface area contributed by atoms with Gasteiger partial charge in [0.05, 0.1) is 0 Å². The Morgan fingerprint density at radius 3 is 2.77 bits per heavy atom. The summed E-state index contributed by atoms with van der Waals surface area (Å²) >= 11 is 7.13. The molecule has 0 aromatic heterocycles. The third kappa shape index (κ3) is 3.72. The van der Waals surface area contributed by atoms with Gasteiger partial charge >= 0.3 is 6.03 Å². The number of phenols is 1. The Morgan fingerprint density at radius 1 is 1.41 bits per heavy atom. The fourth-order valence-corrected chi connectivity index (χ4v) is 2.52. The largest absolute Gasteiger partial charge is 0.503 e. The summed E-state index contributed by atoms with van der Waals surface area (Å²) in [5, 5.41) is 12.4. The molecule has 116 valence electrons. The molecule has 0 atom stereocenters. The Kier molecular flexibility index (Phi) is 5.31. The van der Waals surface area contributed by atoms with E-state index in [9.17, 15) is 14.3 Å². The van der Waals surface area contributed by atoms with Gasteiger partial charge in [-0.1, -0.05) is 53.0 Å². The first-order valence-corrected chi connectivity index (χ1v) is 7.59. The van der Waals surface area contributed by atoms with Crippen LogP contribution in [0.4, 0.5) is 14.9 Å². The maximum atomic E-state index is 13.5. The number of hydrogen-bond acceptors (Lipinski definition) is 3. The van der Waals surface area contributed by atoms with Crippen molar-refractivity contribution in [3.8, 4) is 5.75 Å². The first-order chi connectivity index (χ1) is 10.4. The smallest absolute Gasteiger partial charge is 0.332 e. The molecule has 4 nitrogen and oxygen atoms in total. The third-order valence-electron chi connectivity index (χ3n) is 3.12. The van der Waals surface area contributed by atoms with Gasteiger partial charge in [-0.3, -0.25) is 0 Å². The van der Waals surface area contributed by atoms with E-state index in [1.807, 2.05) is 31.2 Å². The Hall–Kier alpha value is -1.73. The van der Waals surface area contributed by atoms with Crippen molar-refractivity contribution in [1.29, 1.82) is 0 Å². The van der Waals surface area contributed by atoms with E-state index in [1.165, 1.54) is 6.07 Å². The van der Waals surface area contributed by atoms with Gasteiger partial charge in [-0.2, -0.15) is 0 Å². The lowest BCUT2D eigenvalue weighted by Gasteiger charge is -2.18. The van der Waals surface area contributed by atoms with Crippen LogP contribution in [0.5, 0.6) is 5.75 Å². The third-order valence-corrected chi connectivity index (χ3v) is 3.97. The highest BCUT2D eigenvalue weighted by Gasteiger charge is 2.19. The number of thiol groups is 1. The Bertz CT molecular complexity index is 712. The summed E-state index contributed by atoms with van der Waals surface area (Å²) in [7, 11) is 0. The van der Waals surface area contributed by atoms with Crippen LogP contribution < -0.4 is 9.62 Å². The molecule has 0 radical (unpaired) electrons. The number of nitrogens with zero attached hydrogens (tertiary/aromatic N) is 1. The number of aromatic hydroxyl groups is 1. The van der Waals surface area contributed by atoms with E-state index in [-0.39, 0.29) is 5.69 Å². The number of halogens is 2. The number of carbonyl (C=O) groups excluding carboxylic acids is 1. The van der Waals surface area contributed by atoms with Crippen LogP contribution in [0.2, 0.25) is 0 Å². The first kappa shape index (κ1) is 16.6. The Morgan fingerprint density at radius 2 is 2.09 bits per heavy atom. The zero-order valence-corrected chi connectivity index (χ0v) is 14.2. The van der Waals surface area contributed by atoms with Crippen LogP contribution in [0.1, 0.15) is 11.1 Å². The predicted molar refractivity (Wildman–Crippen MR) is 90.6 cm³/mol. The molecular weight excluding hydrogens is 371 g/mol. The second kappa shape index (κ2) is 7.02. The highest BCUT2D eigenvalue weighted by atomic mass is 79.9. The van der Waals surface area contributed by atoms with Crippen LogP contribution in [-0.2, 0) is 6.54 Å². The molecule has 0 bridgehead atoms. The maximum Gasteiger partial charge on any atom is 0.332 e. The van der Waals surface area contributed by atoms with E-state index in [0.29, 0.717) is 11.0 Å². The molecule has 2 N–H and O–H groups in total. The second-order valence-corrected chi connectivity index (χ2v) is 5.97. The molecule has 0 aliphatic rings. The number of benzene rings is 2. The quantitative estimate of drug-likeness (QED) is 0.695. The number of carbonyl (C=O) groups is 1. The molecule has 2 aromatic carbocycles. The SMILES string of the molecule is Cc1ccccc1CNC(=O)N(S)c1cc(Br)cc(F)c1O. The number of aryl methyl sites for hydroxylation is 1. The summed E-state index contributed by atoms with van der Waals surface area (Å²) in [5.41, 5.74) is 1.96. The molecule has 22 heavy (non-hydrogen) atoms. The van der Waals surface area contributed by atoms with Crippen molar-refractivity contribution in [2.75, 3.05) is 4.31 Å². The van der Waals surface area contributed by atoms with Crippen molar-refractivity contribution in [1.82, 2.24) is 5.32 Å². The summed E-state index contributed by atoms with van der Waals surface area (Å²) in [4.78, 5) is 12.1. The minimum absolute atomic E-state index is 0.0440. The number of anilines is 1. The van der Waals surface area contributed by atoms with Gasteiger partial charge in [0.2, 0.25) is 0 Å². The van der Waals surface area contributed by atoms with Gasteiger partial charge in [-0.15, -0.1) is 0 Å². The molecule has 0 fully saturated rings. The number of rotatable bonds is 3. The van der Waals surface area contributed by atoms with Crippen LogP contribution in [0, 0.1) is 12.7 Å². The van der Waals surface area contributed by atoms with Crippen molar-refractivity contribution < 1.29 is 14.3 Å². The monoisotopic (exact) mass is 384 g/mol. The van der Waals surface area contributed by atoms with Crippen molar-refractivity contribution in [2.24, 2.45) is 0 Å². The van der Waals surface area contributed by atoms with Crippen LogP contribution in [0.25, 0.3) is 0 Å². The Labute approximate surface area is 141 Å². The average Bonchev–Trinajstić information content (AvgIpc) is 2.49. The molecule has 2 aromatic rings. The molecule has 0 heterocycles. The lowest BCUT2D eigenvalue weighted by molar-refractivity contribution is 0.249. The summed E-state index contributed by atoms with van der Waals surface area (Å²) in [6, 6.07) is 9.56. The minimum Gasteiger partial charge on any atom is -0.503 e. The molecular formula is C15H14BrFN2O2S. The highest BCUT2D eigenvalue weighted by Crippen LogP contribution is 2.34. The van der Waals surface area contributed by atoms with E-state index in [4.69, 9.17) is 0 Å². The van der Waals surface area contributed by atoms with Crippen LogP contribution in [0.3, 0.4) is 0 Å². The van der Waals surface area contributed by atoms with Gasteiger partial charge in [0.15, 0.2) is 11.6 Å². The molecule has 2 amide bonds. The van der Waals surface area contributed by atoms with Crippen LogP contribution in [0.15, 0.2) is 40.9 Å². The summed E-state index contributed by atoms with van der Waals surface area (Å²) in [6.07, 6.45) is 0. The number of nitrogens with one attached hydrogen (secondary N) is 1. The normalized spacial score (nSPS) is 10.4. The first-order valence-electron chi connectivity index (χ1n) is 6.39. The predicted octanol–water partition coefficient (Wildman–Crippen LogP) is 4.16. The van der Waals surface area contributed by atoms with E-state index >= 15 is 0 Å². The molecule has 0 unspecified atom stereocenters. The van der Waals surface area contributed by atoms with Crippen LogP contribution in [-0.4, -0.2) is 11.1 Å². The number of urea groups is 1. The van der Waals surface area contributed by atoms with Gasteiger partial charge in [0, 0.05) is 11.0 Å². The maximum absolute atomic E-state index is 13.5. The number of phenolic OH excluding ortho intramolecular Hbond substituents is 1. The summed E-state index contributed by atoms with van der Waals surface area (Å²) < 4.78 is 14.7.